The quantitative estimate of drug-likeness (QED) is 0.823. The first kappa shape index (κ1) is 18.1. The van der Waals surface area contributed by atoms with Crippen molar-refractivity contribution in [1.29, 1.82) is 0 Å². The van der Waals surface area contributed by atoms with Crippen molar-refractivity contribution in [1.82, 2.24) is 0 Å². The number of hydrogen-bond acceptors (Lipinski definition) is 4. The van der Waals surface area contributed by atoms with Crippen molar-refractivity contribution in [2.24, 2.45) is 0 Å². The van der Waals surface area contributed by atoms with E-state index in [4.69, 9.17) is 4.74 Å². The summed E-state index contributed by atoms with van der Waals surface area (Å²) in [7, 11) is 1.60. The van der Waals surface area contributed by atoms with E-state index in [2.05, 4.69) is 21.6 Å². The van der Waals surface area contributed by atoms with E-state index in [1.165, 1.54) is 24.9 Å². The van der Waals surface area contributed by atoms with Crippen molar-refractivity contribution in [3.8, 4) is 5.75 Å². The van der Waals surface area contributed by atoms with E-state index in [1.807, 2.05) is 43.3 Å². The second-order valence-corrected chi connectivity index (χ2v) is 6.67. The third-order valence-electron chi connectivity index (χ3n) is 4.67. The summed E-state index contributed by atoms with van der Waals surface area (Å²) in [6.45, 7) is 4.35. The number of amides is 1. The number of piperidine rings is 1. The van der Waals surface area contributed by atoms with Crippen molar-refractivity contribution >= 4 is 23.0 Å². The molecule has 5 heteroatoms. The van der Waals surface area contributed by atoms with E-state index in [0.29, 0.717) is 11.4 Å². The number of nitrogens with zero attached hydrogens (tertiary/aromatic N) is 1. The van der Waals surface area contributed by atoms with Gasteiger partial charge in [0.25, 0.3) is 0 Å². The normalized spacial score (nSPS) is 14.0. The third kappa shape index (κ3) is 4.48. The van der Waals surface area contributed by atoms with Crippen molar-refractivity contribution in [2.75, 3.05) is 42.3 Å². The maximum absolute atomic E-state index is 12.4. The summed E-state index contributed by atoms with van der Waals surface area (Å²) in [4.78, 5) is 14.8. The number of nitrogens with one attached hydrogen (secondary N) is 2. The third-order valence-corrected chi connectivity index (χ3v) is 4.67. The molecular weight excluding hydrogens is 326 g/mol. The summed E-state index contributed by atoms with van der Waals surface area (Å²) in [5, 5.41) is 6.22. The molecule has 0 aromatic heterocycles. The maximum atomic E-state index is 12.4. The smallest absolute Gasteiger partial charge is 0.243 e. The van der Waals surface area contributed by atoms with Gasteiger partial charge in [0.2, 0.25) is 5.91 Å². The molecule has 0 atom stereocenters. The zero-order chi connectivity index (χ0) is 18.4. The highest BCUT2D eigenvalue weighted by Crippen LogP contribution is 2.28. The highest BCUT2D eigenvalue weighted by Gasteiger charge is 2.15. The molecule has 0 unspecified atom stereocenters. The topological polar surface area (TPSA) is 53.6 Å². The Hall–Kier alpha value is -2.69. The van der Waals surface area contributed by atoms with Crippen LogP contribution in [0.15, 0.2) is 42.5 Å². The van der Waals surface area contributed by atoms with Gasteiger partial charge >= 0.3 is 0 Å². The van der Waals surface area contributed by atoms with Gasteiger partial charge in [-0.3, -0.25) is 4.79 Å². The fourth-order valence-corrected chi connectivity index (χ4v) is 3.32. The van der Waals surface area contributed by atoms with E-state index in [0.717, 1.165) is 24.3 Å². The Kier molecular flexibility index (Phi) is 6.00. The van der Waals surface area contributed by atoms with Crippen LogP contribution < -0.4 is 20.3 Å². The number of aryl methyl sites for hydroxylation is 1. The van der Waals surface area contributed by atoms with Gasteiger partial charge in [-0.15, -0.1) is 0 Å². The van der Waals surface area contributed by atoms with Gasteiger partial charge in [-0.2, -0.15) is 0 Å². The van der Waals surface area contributed by atoms with Gasteiger partial charge in [-0.1, -0.05) is 18.2 Å². The molecule has 1 fully saturated rings. The van der Waals surface area contributed by atoms with Crippen molar-refractivity contribution < 1.29 is 9.53 Å². The van der Waals surface area contributed by atoms with Crippen LogP contribution >= 0.6 is 0 Å². The van der Waals surface area contributed by atoms with Crippen molar-refractivity contribution in [3.63, 3.8) is 0 Å². The Morgan fingerprint density at radius 2 is 1.85 bits per heavy atom. The second kappa shape index (κ2) is 8.61. The average Bonchev–Trinajstić information content (AvgIpc) is 2.67. The van der Waals surface area contributed by atoms with Gasteiger partial charge in [-0.25, -0.2) is 0 Å². The lowest BCUT2D eigenvalue weighted by atomic mass is 10.1. The van der Waals surface area contributed by atoms with Crippen LogP contribution in [0.1, 0.15) is 24.8 Å². The number of para-hydroxylation sites is 2. The number of rotatable bonds is 6. The number of ether oxygens (including phenoxy) is 1. The van der Waals surface area contributed by atoms with E-state index < -0.39 is 0 Å². The molecule has 5 nitrogen and oxygen atoms in total. The Bertz CT molecular complexity index is 755. The van der Waals surface area contributed by atoms with Crippen molar-refractivity contribution in [2.45, 2.75) is 26.2 Å². The fourth-order valence-electron chi connectivity index (χ4n) is 3.32. The fraction of sp³-hybridized carbons (Fsp3) is 0.381. The van der Waals surface area contributed by atoms with Gasteiger partial charge in [0.05, 0.1) is 30.7 Å². The van der Waals surface area contributed by atoms with Gasteiger partial charge in [0, 0.05) is 13.1 Å². The second-order valence-electron chi connectivity index (χ2n) is 6.67. The Morgan fingerprint density at radius 3 is 2.62 bits per heavy atom. The Labute approximate surface area is 155 Å². The molecule has 1 heterocycles. The van der Waals surface area contributed by atoms with Crippen LogP contribution in [0.4, 0.5) is 17.1 Å². The molecule has 2 N–H and O–H groups in total. The lowest BCUT2D eigenvalue weighted by Crippen LogP contribution is -2.30. The zero-order valence-corrected chi connectivity index (χ0v) is 15.5. The largest absolute Gasteiger partial charge is 0.495 e. The standard InChI is InChI=1S/C21H27N3O2/c1-16-10-11-20(26-2)18(14-16)23-21(25)15-22-17-8-4-5-9-19(17)24-12-6-3-7-13-24/h4-5,8-11,14,22H,3,6-7,12-13,15H2,1-2H3,(H,23,25). The van der Waals surface area contributed by atoms with Gasteiger partial charge in [-0.05, 0) is 56.0 Å². The highest BCUT2D eigenvalue weighted by atomic mass is 16.5. The van der Waals surface area contributed by atoms with Gasteiger partial charge in [0.1, 0.15) is 5.75 Å². The summed E-state index contributed by atoms with van der Waals surface area (Å²) in [6.07, 6.45) is 3.75. The number of hydrogen-bond donors (Lipinski definition) is 2. The lowest BCUT2D eigenvalue weighted by Gasteiger charge is -2.30. The van der Waals surface area contributed by atoms with E-state index in [-0.39, 0.29) is 12.5 Å². The van der Waals surface area contributed by atoms with E-state index in [9.17, 15) is 4.79 Å². The van der Waals surface area contributed by atoms with E-state index in [1.54, 1.807) is 7.11 Å². The molecule has 26 heavy (non-hydrogen) atoms. The first-order valence-corrected chi connectivity index (χ1v) is 9.20. The van der Waals surface area contributed by atoms with Crippen LogP contribution in [0.25, 0.3) is 0 Å². The van der Waals surface area contributed by atoms with Crippen LogP contribution in [0, 0.1) is 6.92 Å². The van der Waals surface area contributed by atoms with Gasteiger partial charge in [0.15, 0.2) is 0 Å². The van der Waals surface area contributed by atoms with Crippen molar-refractivity contribution in [3.05, 3.63) is 48.0 Å². The molecule has 1 saturated heterocycles. The van der Waals surface area contributed by atoms with Crippen LogP contribution in [0.3, 0.4) is 0 Å². The molecule has 0 aliphatic carbocycles. The monoisotopic (exact) mass is 353 g/mol. The first-order chi connectivity index (χ1) is 12.7. The molecule has 0 saturated carbocycles. The number of anilines is 3. The number of carbonyl (C=O) groups is 1. The SMILES string of the molecule is COc1ccc(C)cc1NC(=O)CNc1ccccc1N1CCCCC1. The molecular formula is C21H27N3O2. The number of benzene rings is 2. The van der Waals surface area contributed by atoms with Crippen LogP contribution in [0.2, 0.25) is 0 Å². The molecule has 0 bridgehead atoms. The van der Waals surface area contributed by atoms with Crippen LogP contribution in [-0.4, -0.2) is 32.7 Å². The molecule has 1 aliphatic rings. The summed E-state index contributed by atoms with van der Waals surface area (Å²) in [6, 6.07) is 13.9. The Balaban J connectivity index is 1.64. The Morgan fingerprint density at radius 1 is 1.08 bits per heavy atom. The maximum Gasteiger partial charge on any atom is 0.243 e. The molecule has 0 radical (unpaired) electrons. The predicted octanol–water partition coefficient (Wildman–Crippen LogP) is 4.04. The van der Waals surface area contributed by atoms with Crippen LogP contribution in [0.5, 0.6) is 5.75 Å². The number of methoxy groups -OCH3 is 1. The zero-order valence-electron chi connectivity index (χ0n) is 15.5. The molecule has 0 spiro atoms. The molecule has 138 valence electrons. The molecule has 3 rings (SSSR count). The molecule has 1 amide bonds. The van der Waals surface area contributed by atoms with Crippen LogP contribution in [-0.2, 0) is 4.79 Å². The predicted molar refractivity (Wildman–Crippen MR) is 107 cm³/mol. The summed E-state index contributed by atoms with van der Waals surface area (Å²) in [5.41, 5.74) is 3.95. The minimum Gasteiger partial charge on any atom is -0.495 e. The lowest BCUT2D eigenvalue weighted by molar-refractivity contribution is -0.114. The molecule has 1 aliphatic heterocycles. The first-order valence-electron chi connectivity index (χ1n) is 9.20. The number of carbonyl (C=O) groups excluding carboxylic acids is 1. The summed E-state index contributed by atoms with van der Waals surface area (Å²) < 4.78 is 5.32. The molecule has 2 aromatic carbocycles. The van der Waals surface area contributed by atoms with Gasteiger partial charge < -0.3 is 20.3 Å². The summed E-state index contributed by atoms with van der Waals surface area (Å²) >= 11 is 0. The minimum absolute atomic E-state index is 0.0950. The minimum atomic E-state index is -0.0950. The summed E-state index contributed by atoms with van der Waals surface area (Å²) in [5.74, 6) is 0.569. The highest BCUT2D eigenvalue weighted by molar-refractivity contribution is 5.95. The average molecular weight is 353 g/mol. The van der Waals surface area contributed by atoms with E-state index >= 15 is 0 Å². The molecule has 2 aromatic rings.